The van der Waals surface area contributed by atoms with Gasteiger partial charge >= 0.3 is 0 Å². The van der Waals surface area contributed by atoms with Crippen molar-refractivity contribution in [3.05, 3.63) is 59.0 Å². The third-order valence-electron chi connectivity index (χ3n) is 14.2. The maximum Gasteiger partial charge on any atom is 0.254 e. The van der Waals surface area contributed by atoms with E-state index in [4.69, 9.17) is 0 Å². The second kappa shape index (κ2) is 22.4. The minimum atomic E-state index is -0.631. The average Bonchev–Trinajstić information content (AvgIpc) is 3.57. The number of likely N-dealkylation sites (tertiary alicyclic amines) is 1. The van der Waals surface area contributed by atoms with Crippen LogP contribution in [-0.4, -0.2) is 137 Å². The topological polar surface area (TPSA) is 147 Å². The van der Waals surface area contributed by atoms with Crippen LogP contribution in [0.5, 0.6) is 0 Å². The summed E-state index contributed by atoms with van der Waals surface area (Å²) >= 11 is 1.96. The summed E-state index contributed by atoms with van der Waals surface area (Å²) in [5.74, 6) is -1.79. The summed E-state index contributed by atoms with van der Waals surface area (Å²) in [7, 11) is 1.60. The van der Waals surface area contributed by atoms with Crippen LogP contribution in [0.4, 0.5) is 36.2 Å². The molecule has 2 bridgehead atoms. The van der Waals surface area contributed by atoms with Crippen LogP contribution in [-0.2, 0) is 9.59 Å². The number of fused-ring (bicyclic) bond motifs is 2. The monoisotopic (exact) mass is 946 g/mol. The number of hydrogen-bond donors (Lipinski definition) is 2. The molecule has 0 saturated carbocycles. The number of anilines is 3. The summed E-state index contributed by atoms with van der Waals surface area (Å²) in [6.45, 7) is 16.8. The van der Waals surface area contributed by atoms with Crippen LogP contribution in [0.3, 0.4) is 0 Å². The zero-order valence-electron chi connectivity index (χ0n) is 39.4. The van der Waals surface area contributed by atoms with Gasteiger partial charge in [-0.3, -0.25) is 33.8 Å². The van der Waals surface area contributed by atoms with Gasteiger partial charge in [-0.05, 0) is 135 Å². The molecule has 2 aromatic carbocycles. The largest absolute Gasteiger partial charge is 0.368 e. The fraction of sp³-hybridized carbons (Fsp3) is 0.571. The number of aliphatic imine (C=N–C) groups is 1. The second-order valence-electron chi connectivity index (χ2n) is 18.8. The van der Waals surface area contributed by atoms with Crippen molar-refractivity contribution < 1.29 is 32.3 Å². The Labute approximate surface area is 396 Å². The van der Waals surface area contributed by atoms with Crippen molar-refractivity contribution in [1.29, 1.82) is 0 Å². The molecule has 3 atom stereocenters. The Hall–Kier alpha value is -5.07. The lowest BCUT2D eigenvalue weighted by atomic mass is 9.89. The Morgan fingerprint density at radius 3 is 2.28 bits per heavy atom. The molecule has 1 aromatic heterocycles. The first-order valence-corrected chi connectivity index (χ1v) is 24.6. The number of hydrogen-bond acceptors (Lipinski definition) is 13. The lowest BCUT2D eigenvalue weighted by molar-refractivity contribution is -0.125. The number of amides is 3. The number of rotatable bonds is 19. The van der Waals surface area contributed by atoms with Crippen LogP contribution in [0.15, 0.2) is 35.5 Å². The van der Waals surface area contributed by atoms with E-state index in [2.05, 4.69) is 46.4 Å². The summed E-state index contributed by atoms with van der Waals surface area (Å²) in [6.07, 6.45) is 10.1. The molecule has 18 heteroatoms. The van der Waals surface area contributed by atoms with E-state index in [0.717, 1.165) is 90.3 Å². The zero-order chi connectivity index (χ0) is 47.9. The number of piperidine rings is 3. The van der Waals surface area contributed by atoms with E-state index in [0.29, 0.717) is 59.7 Å². The van der Waals surface area contributed by atoms with E-state index in [1.54, 1.807) is 26.1 Å². The second-order valence-corrected chi connectivity index (χ2v) is 20.2. The Balaban J connectivity index is 0.875. The average molecular weight is 947 g/mol. The zero-order valence-corrected chi connectivity index (χ0v) is 40.2. The standard InChI is InChI=1S/C49H65F3N10O4S/c1-7-61(30(2)3)44-24-33(22-41(51)47(44)53-5)46-42(52)26-54-49(57-46)56-35-12-18-60(19-13-35)67-38-14-16-59(17-15-38)27-32-20-36-9-10-37(21-32)62(36)43-25-39(34(28-63)23-40(43)50)48(66)58(6)31(4)8-11-45(65)55-29-64/h22-26,28-32,35-38H,5,7-21,27H2,1-4,6H3,(H,54,56,57)(H,55,64,65). The predicted molar refractivity (Wildman–Crippen MR) is 259 cm³/mol. The van der Waals surface area contributed by atoms with E-state index in [1.807, 2.05) is 37.6 Å². The van der Waals surface area contributed by atoms with E-state index in [1.165, 1.54) is 17.0 Å². The number of nitrogens with one attached hydrogen (secondary N) is 2. The highest BCUT2D eigenvalue weighted by Crippen LogP contribution is 2.44. The third-order valence-corrected chi connectivity index (χ3v) is 15.6. The molecule has 4 fully saturated rings. The number of benzene rings is 2. The van der Waals surface area contributed by atoms with E-state index >= 15 is 13.2 Å². The maximum atomic E-state index is 15.8. The Morgan fingerprint density at radius 2 is 1.66 bits per heavy atom. The molecule has 4 aliphatic heterocycles. The van der Waals surface area contributed by atoms with Gasteiger partial charge in [-0.2, -0.15) is 0 Å². The van der Waals surface area contributed by atoms with Gasteiger partial charge in [0, 0.05) is 86.2 Å². The van der Waals surface area contributed by atoms with Gasteiger partial charge in [0.2, 0.25) is 18.3 Å². The van der Waals surface area contributed by atoms with Gasteiger partial charge < -0.3 is 24.9 Å². The number of aldehydes is 1. The summed E-state index contributed by atoms with van der Waals surface area (Å²) in [6, 6.07) is 5.80. The van der Waals surface area contributed by atoms with Crippen molar-refractivity contribution in [3.8, 4) is 11.3 Å². The summed E-state index contributed by atoms with van der Waals surface area (Å²) < 4.78 is 48.8. The molecule has 0 aliphatic carbocycles. The quantitative estimate of drug-likeness (QED) is 0.0685. The minimum absolute atomic E-state index is 0.00866. The highest BCUT2D eigenvalue weighted by Gasteiger charge is 2.43. The molecule has 14 nitrogen and oxygen atoms in total. The van der Waals surface area contributed by atoms with Crippen molar-refractivity contribution in [2.45, 2.75) is 127 Å². The molecule has 0 spiro atoms. The van der Waals surface area contributed by atoms with E-state index in [-0.39, 0.29) is 59.1 Å². The van der Waals surface area contributed by atoms with Crippen LogP contribution in [0, 0.1) is 23.4 Å². The molecule has 3 unspecified atom stereocenters. The van der Waals surface area contributed by atoms with Crippen LogP contribution in [0.2, 0.25) is 0 Å². The van der Waals surface area contributed by atoms with Crippen LogP contribution in [0.1, 0.15) is 113 Å². The molecule has 362 valence electrons. The fourth-order valence-corrected chi connectivity index (χ4v) is 11.8. The molecular formula is C49H65F3N10O4S. The van der Waals surface area contributed by atoms with Gasteiger partial charge in [0.1, 0.15) is 17.2 Å². The maximum absolute atomic E-state index is 15.8. The molecular weight excluding hydrogens is 882 g/mol. The number of imide groups is 1. The fourth-order valence-electron chi connectivity index (χ4n) is 10.6. The molecule has 4 saturated heterocycles. The molecule has 3 aromatic rings. The van der Waals surface area contributed by atoms with Gasteiger partial charge in [0.25, 0.3) is 5.91 Å². The van der Waals surface area contributed by atoms with Gasteiger partial charge in [0.15, 0.2) is 17.9 Å². The van der Waals surface area contributed by atoms with E-state index < -0.39 is 29.3 Å². The smallest absolute Gasteiger partial charge is 0.254 e. The molecule has 2 N–H and O–H groups in total. The molecule has 5 heterocycles. The Bertz CT molecular complexity index is 2260. The van der Waals surface area contributed by atoms with Gasteiger partial charge in [-0.15, -0.1) is 0 Å². The summed E-state index contributed by atoms with van der Waals surface area (Å²) in [5.41, 5.74) is 1.51. The van der Waals surface area contributed by atoms with Crippen LogP contribution < -0.4 is 20.4 Å². The molecule has 3 amide bonds. The number of aromatic nitrogens is 2. The normalized spacial score (nSPS) is 21.0. The predicted octanol–water partition coefficient (Wildman–Crippen LogP) is 7.89. The first-order valence-electron chi connectivity index (χ1n) is 23.8. The lowest BCUT2D eigenvalue weighted by Crippen LogP contribution is -2.47. The van der Waals surface area contributed by atoms with Crippen LogP contribution in [0.25, 0.3) is 11.3 Å². The molecule has 67 heavy (non-hydrogen) atoms. The molecule has 0 radical (unpaired) electrons. The summed E-state index contributed by atoms with van der Waals surface area (Å²) in [4.78, 5) is 69.1. The SMILES string of the molecule is C=Nc1c(F)cc(-c2nc(NC3CCN(SC4CCN(CC5CC6CCC(C5)N6c5cc(C(=O)N(C)C(C)CCC(=O)NC=O)c(C=O)cc5F)CC4)CC3)ncc2F)cc1N(CC)C(C)C. The number of nitrogens with zero attached hydrogens (tertiary/aromatic N) is 8. The summed E-state index contributed by atoms with van der Waals surface area (Å²) in [5, 5.41) is 6.05. The Kier molecular flexibility index (Phi) is 16.6. The lowest BCUT2D eigenvalue weighted by Gasteiger charge is -2.43. The van der Waals surface area contributed by atoms with Gasteiger partial charge in [0.05, 0.1) is 23.1 Å². The third kappa shape index (κ3) is 11.6. The number of carbonyl (C=O) groups is 4. The first-order chi connectivity index (χ1) is 32.2. The van der Waals surface area contributed by atoms with Crippen molar-refractivity contribution in [3.63, 3.8) is 0 Å². The molecule has 4 aliphatic rings. The number of halogens is 3. The minimum Gasteiger partial charge on any atom is -0.368 e. The molecule has 7 rings (SSSR count). The highest BCUT2D eigenvalue weighted by atomic mass is 32.2. The number of carbonyl (C=O) groups excluding carboxylic acids is 4. The van der Waals surface area contributed by atoms with Crippen molar-refractivity contribution in [2.24, 2.45) is 10.9 Å². The van der Waals surface area contributed by atoms with Crippen molar-refractivity contribution in [2.75, 3.05) is 61.4 Å². The first kappa shape index (κ1) is 49.8. The van der Waals surface area contributed by atoms with Crippen LogP contribution >= 0.6 is 11.9 Å². The van der Waals surface area contributed by atoms with Gasteiger partial charge in [-0.1, -0.05) is 11.9 Å². The van der Waals surface area contributed by atoms with E-state index in [9.17, 15) is 19.2 Å². The Morgan fingerprint density at radius 1 is 0.955 bits per heavy atom. The van der Waals surface area contributed by atoms with Gasteiger partial charge in [-0.25, -0.2) is 23.1 Å². The van der Waals surface area contributed by atoms with Crippen molar-refractivity contribution >= 4 is 66.2 Å². The highest BCUT2D eigenvalue weighted by molar-refractivity contribution is 7.97. The van der Waals surface area contributed by atoms with Crippen molar-refractivity contribution in [1.82, 2.24) is 29.4 Å².